The summed E-state index contributed by atoms with van der Waals surface area (Å²) < 4.78 is 1.49. The van der Waals surface area contributed by atoms with Crippen molar-refractivity contribution in [1.82, 2.24) is 0 Å². The monoisotopic (exact) mass is 344 g/mol. The van der Waals surface area contributed by atoms with E-state index in [0.29, 0.717) is 6.42 Å². The van der Waals surface area contributed by atoms with Gasteiger partial charge in [0.25, 0.3) is 0 Å². The largest absolute Gasteiger partial charge is 0.506 e. The Labute approximate surface area is 114 Å². The number of halogens is 2. The van der Waals surface area contributed by atoms with E-state index in [1.54, 1.807) is 0 Å². The number of hydrogen-bond acceptors (Lipinski definition) is 1. The Balaban J connectivity index is 3.19. The summed E-state index contributed by atoms with van der Waals surface area (Å²) >= 11 is 6.78. The number of aryl methyl sites for hydroxylation is 1. The van der Waals surface area contributed by atoms with E-state index in [9.17, 15) is 5.11 Å². The molecule has 0 saturated carbocycles. The van der Waals surface area contributed by atoms with Crippen molar-refractivity contribution in [2.75, 3.05) is 0 Å². The molecule has 0 bridgehead atoms. The lowest BCUT2D eigenvalue weighted by Crippen LogP contribution is -1.96. The van der Waals surface area contributed by atoms with E-state index in [1.807, 2.05) is 6.07 Å². The summed E-state index contributed by atoms with van der Waals surface area (Å²) in [5.74, 6) is 2.89. The fourth-order valence-corrected chi connectivity index (χ4v) is 3.06. The minimum Gasteiger partial charge on any atom is -0.506 e. The highest BCUT2D eigenvalue weighted by Crippen LogP contribution is 2.38. The molecule has 0 saturated heterocycles. The first-order valence-corrected chi connectivity index (χ1v) is 6.82. The number of rotatable bonds is 4. The van der Waals surface area contributed by atoms with Gasteiger partial charge in [0.1, 0.15) is 5.75 Å². The lowest BCUT2D eigenvalue weighted by Gasteiger charge is -2.13. The first-order valence-electron chi connectivity index (χ1n) is 5.24. The zero-order chi connectivity index (χ0) is 12.1. The van der Waals surface area contributed by atoms with Crippen LogP contribution >= 0.6 is 31.9 Å². The third-order valence-corrected chi connectivity index (χ3v) is 3.88. The summed E-state index contributed by atoms with van der Waals surface area (Å²) in [5, 5.41) is 9.83. The molecule has 0 aliphatic heterocycles. The summed E-state index contributed by atoms with van der Waals surface area (Å²) in [4.78, 5) is 0. The predicted octanol–water partition coefficient (Wildman–Crippen LogP) is 4.44. The van der Waals surface area contributed by atoms with E-state index >= 15 is 0 Å². The van der Waals surface area contributed by atoms with Gasteiger partial charge in [-0.1, -0.05) is 13.3 Å². The number of aromatic hydroxyl groups is 1. The molecule has 1 rings (SSSR count). The second kappa shape index (κ2) is 6.32. The molecule has 0 amide bonds. The number of hydrogen-bond donors (Lipinski definition) is 1. The highest BCUT2D eigenvalue weighted by Gasteiger charge is 2.13. The summed E-state index contributed by atoms with van der Waals surface area (Å²) in [6.07, 6.45) is 8.84. The van der Waals surface area contributed by atoms with Gasteiger partial charge in [-0.05, 0) is 61.9 Å². The van der Waals surface area contributed by atoms with E-state index in [0.717, 1.165) is 33.8 Å². The molecule has 0 heterocycles. The molecule has 0 aliphatic carbocycles. The Morgan fingerprint density at radius 2 is 2.06 bits per heavy atom. The Bertz CT molecular complexity index is 419. The number of phenolic OH excluding ortho intramolecular Hbond substituents is 1. The van der Waals surface area contributed by atoms with Crippen molar-refractivity contribution in [2.45, 2.75) is 32.6 Å². The molecule has 16 heavy (non-hydrogen) atoms. The molecular formula is C13H14Br2O. The molecule has 3 heteroatoms. The molecule has 1 N–H and O–H groups in total. The van der Waals surface area contributed by atoms with Crippen LogP contribution in [-0.2, 0) is 12.8 Å². The molecule has 0 fully saturated rings. The first-order chi connectivity index (χ1) is 7.61. The van der Waals surface area contributed by atoms with E-state index < -0.39 is 0 Å². The zero-order valence-electron chi connectivity index (χ0n) is 9.19. The Morgan fingerprint density at radius 3 is 2.62 bits per heavy atom. The first kappa shape index (κ1) is 13.6. The Hall–Kier alpha value is -0.460. The third-order valence-electron chi connectivity index (χ3n) is 2.43. The van der Waals surface area contributed by atoms with Gasteiger partial charge in [0.05, 0.1) is 8.95 Å². The number of terminal acetylenes is 1. The van der Waals surface area contributed by atoms with Gasteiger partial charge >= 0.3 is 0 Å². The topological polar surface area (TPSA) is 20.2 Å². The summed E-state index contributed by atoms with van der Waals surface area (Å²) in [6.45, 7) is 2.14. The average molecular weight is 346 g/mol. The van der Waals surface area contributed by atoms with E-state index in [1.165, 1.54) is 5.56 Å². The van der Waals surface area contributed by atoms with Crippen LogP contribution < -0.4 is 0 Å². The van der Waals surface area contributed by atoms with Gasteiger partial charge in [0.2, 0.25) is 0 Å². The molecule has 0 unspecified atom stereocenters. The average Bonchev–Trinajstić information content (AvgIpc) is 2.26. The molecule has 1 aromatic rings. The van der Waals surface area contributed by atoms with Gasteiger partial charge in [-0.2, -0.15) is 0 Å². The second-order valence-corrected chi connectivity index (χ2v) is 5.26. The Kier molecular flexibility index (Phi) is 5.37. The van der Waals surface area contributed by atoms with Crippen LogP contribution in [0.2, 0.25) is 0 Å². The highest BCUT2D eigenvalue weighted by molar-refractivity contribution is 9.11. The van der Waals surface area contributed by atoms with Crippen molar-refractivity contribution >= 4 is 31.9 Å². The molecule has 0 atom stereocenters. The standard InChI is InChI=1S/C13H14Br2O/c1-3-5-7-10-9(6-4-2)8-11(14)13(16)12(10)15/h1,8,16H,4-7H2,2H3. The van der Waals surface area contributed by atoms with Crippen LogP contribution in [0.5, 0.6) is 5.75 Å². The van der Waals surface area contributed by atoms with Gasteiger partial charge in [-0.3, -0.25) is 0 Å². The minimum absolute atomic E-state index is 0.256. The van der Waals surface area contributed by atoms with Gasteiger partial charge in [0, 0.05) is 6.42 Å². The fourth-order valence-electron chi connectivity index (χ4n) is 1.66. The van der Waals surface area contributed by atoms with Gasteiger partial charge in [-0.25, -0.2) is 0 Å². The number of phenols is 1. The smallest absolute Gasteiger partial charge is 0.144 e. The molecule has 86 valence electrons. The van der Waals surface area contributed by atoms with Crippen molar-refractivity contribution in [2.24, 2.45) is 0 Å². The van der Waals surface area contributed by atoms with Crippen molar-refractivity contribution < 1.29 is 5.11 Å². The highest BCUT2D eigenvalue weighted by atomic mass is 79.9. The summed E-state index contributed by atoms with van der Waals surface area (Å²) in [7, 11) is 0. The molecule has 1 aromatic carbocycles. The maximum atomic E-state index is 9.83. The van der Waals surface area contributed by atoms with Crippen LogP contribution in [0.3, 0.4) is 0 Å². The summed E-state index contributed by atoms with van der Waals surface area (Å²) in [6, 6.07) is 1.98. The van der Waals surface area contributed by atoms with Crippen LogP contribution in [0.15, 0.2) is 15.0 Å². The lowest BCUT2D eigenvalue weighted by atomic mass is 9.99. The predicted molar refractivity (Wildman–Crippen MR) is 74.7 cm³/mol. The Morgan fingerprint density at radius 1 is 1.38 bits per heavy atom. The minimum atomic E-state index is 0.256. The molecule has 1 nitrogen and oxygen atoms in total. The van der Waals surface area contributed by atoms with Gasteiger partial charge in [0.15, 0.2) is 0 Å². The van der Waals surface area contributed by atoms with Crippen LogP contribution in [0.1, 0.15) is 30.9 Å². The van der Waals surface area contributed by atoms with Crippen LogP contribution in [-0.4, -0.2) is 5.11 Å². The van der Waals surface area contributed by atoms with E-state index in [-0.39, 0.29) is 5.75 Å². The fraction of sp³-hybridized carbons (Fsp3) is 0.385. The van der Waals surface area contributed by atoms with Crippen molar-refractivity contribution in [3.63, 3.8) is 0 Å². The SMILES string of the molecule is C#CCCc1c(CCC)cc(Br)c(O)c1Br. The molecule has 0 aliphatic rings. The second-order valence-electron chi connectivity index (χ2n) is 3.61. The van der Waals surface area contributed by atoms with Gasteiger partial charge < -0.3 is 5.11 Å². The quantitative estimate of drug-likeness (QED) is 0.800. The van der Waals surface area contributed by atoms with E-state index in [4.69, 9.17) is 6.42 Å². The molecular weight excluding hydrogens is 332 g/mol. The van der Waals surface area contributed by atoms with Crippen molar-refractivity contribution in [1.29, 1.82) is 0 Å². The number of benzene rings is 1. The van der Waals surface area contributed by atoms with E-state index in [2.05, 4.69) is 44.7 Å². The zero-order valence-corrected chi connectivity index (χ0v) is 12.4. The van der Waals surface area contributed by atoms with Crippen LogP contribution in [0.25, 0.3) is 0 Å². The summed E-state index contributed by atoms with van der Waals surface area (Å²) in [5.41, 5.74) is 2.37. The van der Waals surface area contributed by atoms with Gasteiger partial charge in [-0.15, -0.1) is 12.3 Å². The normalized spacial score (nSPS) is 10.1. The van der Waals surface area contributed by atoms with Crippen LogP contribution in [0, 0.1) is 12.3 Å². The maximum absolute atomic E-state index is 9.83. The third kappa shape index (κ3) is 3.02. The van der Waals surface area contributed by atoms with Crippen molar-refractivity contribution in [3.8, 4) is 18.1 Å². The molecule has 0 radical (unpaired) electrons. The lowest BCUT2D eigenvalue weighted by molar-refractivity contribution is 0.467. The van der Waals surface area contributed by atoms with Crippen molar-refractivity contribution in [3.05, 3.63) is 26.1 Å². The van der Waals surface area contributed by atoms with Crippen LogP contribution in [0.4, 0.5) is 0 Å². The molecule has 0 aromatic heterocycles. The maximum Gasteiger partial charge on any atom is 0.144 e. The molecule has 0 spiro atoms.